The molecule has 90 valence electrons. The number of unbranched alkanes of at least 4 members (excludes halogenated alkanes) is 1. The van der Waals surface area contributed by atoms with Crippen LogP contribution in [0.2, 0.25) is 0 Å². The molecule has 1 rings (SSSR count). The molecule has 0 radical (unpaired) electrons. The summed E-state index contributed by atoms with van der Waals surface area (Å²) in [6.07, 6.45) is 4.71. The van der Waals surface area contributed by atoms with E-state index in [0.717, 1.165) is 30.0 Å². The molecule has 0 saturated carbocycles. The topological polar surface area (TPSA) is 22.0 Å². The second-order valence-electron chi connectivity index (χ2n) is 4.99. The summed E-state index contributed by atoms with van der Waals surface area (Å²) in [4.78, 5) is 10.8. The Morgan fingerprint density at radius 2 is 2.00 bits per heavy atom. The molecule has 0 fully saturated rings. The van der Waals surface area contributed by atoms with Gasteiger partial charge in [0.2, 0.25) is 0 Å². The van der Waals surface area contributed by atoms with E-state index in [4.69, 9.17) is 0 Å². The van der Waals surface area contributed by atoms with Crippen molar-refractivity contribution in [2.24, 2.45) is 5.92 Å². The third kappa shape index (κ3) is 3.22. The summed E-state index contributed by atoms with van der Waals surface area (Å²) in [5.74, 6) is 0.789. The van der Waals surface area contributed by atoms with Crippen LogP contribution in [0.5, 0.6) is 0 Å². The summed E-state index contributed by atoms with van der Waals surface area (Å²) in [7, 11) is 0. The lowest BCUT2D eigenvalue weighted by molar-refractivity contribution is 0.112. The summed E-state index contributed by atoms with van der Waals surface area (Å²) < 4.78 is 2.25. The third-order valence-electron chi connectivity index (χ3n) is 3.15. The molecule has 2 nitrogen and oxygen atoms in total. The lowest BCUT2D eigenvalue weighted by Crippen LogP contribution is -2.03. The van der Waals surface area contributed by atoms with Crippen LogP contribution in [-0.2, 0) is 6.54 Å². The van der Waals surface area contributed by atoms with Crippen LogP contribution < -0.4 is 0 Å². The third-order valence-corrected chi connectivity index (χ3v) is 3.15. The van der Waals surface area contributed by atoms with E-state index in [1.807, 2.05) is 13.0 Å². The van der Waals surface area contributed by atoms with Crippen molar-refractivity contribution < 1.29 is 4.79 Å². The molecule has 0 aromatic carbocycles. The van der Waals surface area contributed by atoms with Gasteiger partial charge in [-0.1, -0.05) is 26.7 Å². The van der Waals surface area contributed by atoms with Crippen molar-refractivity contribution in [2.45, 2.75) is 53.5 Å². The minimum absolute atomic E-state index is 0.789. The van der Waals surface area contributed by atoms with Gasteiger partial charge in [0.1, 0.15) is 0 Å². The van der Waals surface area contributed by atoms with Gasteiger partial charge in [0.05, 0.1) is 0 Å². The van der Waals surface area contributed by atoms with Gasteiger partial charge in [-0.05, 0) is 32.3 Å². The normalized spacial score (nSPS) is 11.1. The van der Waals surface area contributed by atoms with Crippen molar-refractivity contribution >= 4 is 6.29 Å². The van der Waals surface area contributed by atoms with Gasteiger partial charge in [-0.2, -0.15) is 0 Å². The zero-order valence-corrected chi connectivity index (χ0v) is 10.9. The van der Waals surface area contributed by atoms with Gasteiger partial charge in [-0.15, -0.1) is 0 Å². The zero-order chi connectivity index (χ0) is 12.1. The number of carbonyl (C=O) groups is 1. The van der Waals surface area contributed by atoms with Crippen molar-refractivity contribution in [2.75, 3.05) is 0 Å². The minimum atomic E-state index is 0.789. The number of hydrogen-bond donors (Lipinski definition) is 0. The van der Waals surface area contributed by atoms with Crippen LogP contribution in [0.3, 0.4) is 0 Å². The minimum Gasteiger partial charge on any atom is -0.348 e. The predicted molar refractivity (Wildman–Crippen MR) is 68.0 cm³/mol. The van der Waals surface area contributed by atoms with Crippen molar-refractivity contribution in [3.05, 3.63) is 23.0 Å². The maximum atomic E-state index is 10.8. The number of hydrogen-bond acceptors (Lipinski definition) is 1. The summed E-state index contributed by atoms with van der Waals surface area (Å²) in [5, 5.41) is 0. The molecule has 0 spiro atoms. The smallest absolute Gasteiger partial charge is 0.151 e. The number of aryl methyl sites for hydroxylation is 1. The van der Waals surface area contributed by atoms with E-state index in [0.29, 0.717) is 0 Å². The zero-order valence-electron chi connectivity index (χ0n) is 10.9. The van der Waals surface area contributed by atoms with Gasteiger partial charge in [-0.3, -0.25) is 4.79 Å². The first-order chi connectivity index (χ1) is 7.56. The molecule has 0 unspecified atom stereocenters. The van der Waals surface area contributed by atoms with Crippen LogP contribution in [0.15, 0.2) is 6.07 Å². The highest BCUT2D eigenvalue weighted by Crippen LogP contribution is 2.15. The first-order valence-electron chi connectivity index (χ1n) is 6.18. The molecule has 0 atom stereocenters. The highest BCUT2D eigenvalue weighted by atomic mass is 16.1. The molecule has 1 heterocycles. The average Bonchev–Trinajstić information content (AvgIpc) is 2.50. The van der Waals surface area contributed by atoms with Crippen LogP contribution in [0.4, 0.5) is 0 Å². The fourth-order valence-electron chi connectivity index (χ4n) is 2.11. The standard InChI is InChI=1S/C14H23NO/c1-11(2)7-5-6-8-15-12(3)9-14(10-16)13(15)4/h9-11H,5-8H2,1-4H3. The highest BCUT2D eigenvalue weighted by molar-refractivity contribution is 5.77. The van der Waals surface area contributed by atoms with Crippen molar-refractivity contribution in [1.29, 1.82) is 0 Å². The predicted octanol–water partition coefficient (Wildman–Crippen LogP) is 3.74. The Bertz CT molecular complexity index is 350. The summed E-state index contributed by atoms with van der Waals surface area (Å²) in [5.41, 5.74) is 3.14. The lowest BCUT2D eigenvalue weighted by Gasteiger charge is -2.10. The Labute approximate surface area is 98.7 Å². The molecule has 0 saturated heterocycles. The Balaban J connectivity index is 2.53. The van der Waals surface area contributed by atoms with Crippen molar-refractivity contribution in [3.63, 3.8) is 0 Å². The van der Waals surface area contributed by atoms with Crippen molar-refractivity contribution in [1.82, 2.24) is 4.57 Å². The molecule has 16 heavy (non-hydrogen) atoms. The Kier molecular flexibility index (Phi) is 4.78. The molecule has 0 bridgehead atoms. The number of carbonyl (C=O) groups excluding carboxylic acids is 1. The van der Waals surface area contributed by atoms with Gasteiger partial charge in [-0.25, -0.2) is 0 Å². The maximum Gasteiger partial charge on any atom is 0.151 e. The quantitative estimate of drug-likeness (QED) is 0.530. The summed E-state index contributed by atoms with van der Waals surface area (Å²) in [6, 6.07) is 1.98. The number of aromatic nitrogens is 1. The van der Waals surface area contributed by atoms with E-state index in [-0.39, 0.29) is 0 Å². The largest absolute Gasteiger partial charge is 0.348 e. The van der Waals surface area contributed by atoms with E-state index in [1.165, 1.54) is 25.0 Å². The molecule has 2 heteroatoms. The highest BCUT2D eigenvalue weighted by Gasteiger charge is 2.07. The Morgan fingerprint density at radius 3 is 2.50 bits per heavy atom. The maximum absolute atomic E-state index is 10.8. The molecule has 0 aliphatic carbocycles. The summed E-state index contributed by atoms with van der Waals surface area (Å²) >= 11 is 0. The van der Waals surface area contributed by atoms with E-state index in [9.17, 15) is 4.79 Å². The van der Waals surface area contributed by atoms with E-state index in [2.05, 4.69) is 25.3 Å². The Morgan fingerprint density at radius 1 is 1.31 bits per heavy atom. The first kappa shape index (κ1) is 13.0. The molecular weight excluding hydrogens is 198 g/mol. The van der Waals surface area contributed by atoms with Crippen LogP contribution in [0.1, 0.15) is 54.9 Å². The average molecular weight is 221 g/mol. The molecule has 0 aliphatic heterocycles. The molecule has 0 N–H and O–H groups in total. The van der Waals surface area contributed by atoms with Gasteiger partial charge in [0.25, 0.3) is 0 Å². The second-order valence-corrected chi connectivity index (χ2v) is 4.99. The second kappa shape index (κ2) is 5.88. The van der Waals surface area contributed by atoms with Crippen LogP contribution >= 0.6 is 0 Å². The lowest BCUT2D eigenvalue weighted by atomic mass is 10.1. The van der Waals surface area contributed by atoms with Crippen molar-refractivity contribution in [3.8, 4) is 0 Å². The Hall–Kier alpha value is -1.05. The van der Waals surface area contributed by atoms with E-state index < -0.39 is 0 Å². The molecule has 0 amide bonds. The van der Waals surface area contributed by atoms with Gasteiger partial charge in [0.15, 0.2) is 6.29 Å². The fourth-order valence-corrected chi connectivity index (χ4v) is 2.11. The van der Waals surface area contributed by atoms with Gasteiger partial charge < -0.3 is 4.57 Å². The SMILES string of the molecule is Cc1cc(C=O)c(C)n1CCCCC(C)C. The number of nitrogens with zero attached hydrogens (tertiary/aromatic N) is 1. The number of aldehydes is 1. The molecule has 1 aromatic rings. The summed E-state index contributed by atoms with van der Waals surface area (Å²) in [6.45, 7) is 9.66. The van der Waals surface area contributed by atoms with Gasteiger partial charge in [0, 0.05) is 23.5 Å². The monoisotopic (exact) mass is 221 g/mol. The fraction of sp³-hybridized carbons (Fsp3) is 0.643. The molecule has 0 aliphatic rings. The van der Waals surface area contributed by atoms with E-state index >= 15 is 0 Å². The first-order valence-corrected chi connectivity index (χ1v) is 6.18. The van der Waals surface area contributed by atoms with E-state index in [1.54, 1.807) is 0 Å². The van der Waals surface area contributed by atoms with Crippen LogP contribution in [0.25, 0.3) is 0 Å². The molecular formula is C14H23NO. The van der Waals surface area contributed by atoms with Crippen LogP contribution in [0, 0.1) is 19.8 Å². The van der Waals surface area contributed by atoms with Gasteiger partial charge >= 0.3 is 0 Å². The number of rotatable bonds is 6. The molecule has 1 aromatic heterocycles. The van der Waals surface area contributed by atoms with Crippen LogP contribution in [-0.4, -0.2) is 10.9 Å².